The van der Waals surface area contributed by atoms with Gasteiger partial charge in [-0.15, -0.1) is 0 Å². The van der Waals surface area contributed by atoms with Gasteiger partial charge in [-0.05, 0) is 38.1 Å². The van der Waals surface area contributed by atoms with Gasteiger partial charge in [-0.25, -0.2) is 9.50 Å². The molecule has 0 bridgehead atoms. The van der Waals surface area contributed by atoms with E-state index in [-0.39, 0.29) is 11.5 Å². The van der Waals surface area contributed by atoms with E-state index in [1.165, 1.54) is 51.5 Å². The third-order valence-corrected chi connectivity index (χ3v) is 7.42. The van der Waals surface area contributed by atoms with Gasteiger partial charge in [-0.3, -0.25) is 19.6 Å². The molecule has 2 aromatic rings. The van der Waals surface area contributed by atoms with Crippen LogP contribution in [0.5, 0.6) is 0 Å². The number of nitrogens with zero attached hydrogens (tertiary/aromatic N) is 4. The number of nitrogens with one attached hydrogen (secondary N) is 1. The molecule has 1 amide bonds. The number of hydrogen-bond donors (Lipinski definition) is 1. The summed E-state index contributed by atoms with van der Waals surface area (Å²) in [5, 5.41) is 3.39. The van der Waals surface area contributed by atoms with Gasteiger partial charge >= 0.3 is 0 Å². The molecule has 7 nitrogen and oxygen atoms in total. The first kappa shape index (κ1) is 19.8. The third kappa shape index (κ3) is 3.68. The first-order valence-electron chi connectivity index (χ1n) is 11.7. The minimum absolute atomic E-state index is 0.0119. The van der Waals surface area contributed by atoms with E-state index in [4.69, 9.17) is 4.98 Å². The predicted octanol–water partition coefficient (Wildman–Crippen LogP) is 3.03. The van der Waals surface area contributed by atoms with Gasteiger partial charge < -0.3 is 4.90 Å². The Morgan fingerprint density at radius 1 is 1.13 bits per heavy atom. The van der Waals surface area contributed by atoms with Crippen LogP contribution < -0.4 is 5.56 Å². The first-order valence-corrected chi connectivity index (χ1v) is 11.7. The quantitative estimate of drug-likeness (QED) is 0.843. The second-order valence-electron chi connectivity index (χ2n) is 9.45. The molecule has 0 radical (unpaired) electrons. The van der Waals surface area contributed by atoms with E-state index in [1.807, 2.05) is 0 Å². The van der Waals surface area contributed by atoms with Gasteiger partial charge in [0, 0.05) is 32.5 Å². The van der Waals surface area contributed by atoms with Crippen molar-refractivity contribution in [2.45, 2.75) is 77.3 Å². The number of hydrogen-bond acceptors (Lipinski definition) is 4. The Labute approximate surface area is 177 Å². The highest BCUT2D eigenvalue weighted by atomic mass is 16.2. The first-order chi connectivity index (χ1) is 14.6. The van der Waals surface area contributed by atoms with E-state index in [0.717, 1.165) is 30.3 Å². The molecule has 7 heteroatoms. The zero-order valence-corrected chi connectivity index (χ0v) is 18.0. The molecule has 5 rings (SSSR count). The fourth-order valence-corrected chi connectivity index (χ4v) is 5.70. The summed E-state index contributed by atoms with van der Waals surface area (Å²) in [7, 11) is 0. The smallest absolute Gasteiger partial charge is 0.277 e. The molecule has 1 N–H and O–H groups in total. The third-order valence-electron chi connectivity index (χ3n) is 7.42. The maximum absolute atomic E-state index is 13.2. The highest BCUT2D eigenvalue weighted by molar-refractivity contribution is 5.73. The number of fused-ring (bicyclic) bond motifs is 2. The summed E-state index contributed by atoms with van der Waals surface area (Å²) >= 11 is 0. The number of carbonyl (C=O) groups excluding carboxylic acids is 1. The van der Waals surface area contributed by atoms with Crippen LogP contribution >= 0.6 is 0 Å². The van der Waals surface area contributed by atoms with Crippen LogP contribution in [-0.4, -0.2) is 49.9 Å². The van der Waals surface area contributed by atoms with E-state index in [2.05, 4.69) is 16.1 Å². The Bertz CT molecular complexity index is 987. The Morgan fingerprint density at radius 2 is 1.93 bits per heavy atom. The van der Waals surface area contributed by atoms with E-state index in [1.54, 1.807) is 16.3 Å². The summed E-state index contributed by atoms with van der Waals surface area (Å²) in [5.41, 5.74) is 3.28. The minimum atomic E-state index is -0.0539. The van der Waals surface area contributed by atoms with Gasteiger partial charge in [-0.2, -0.15) is 0 Å². The molecule has 4 heterocycles. The molecule has 162 valence electrons. The number of amides is 1. The maximum atomic E-state index is 13.2. The molecule has 0 aromatic carbocycles. The van der Waals surface area contributed by atoms with E-state index in [0.29, 0.717) is 36.8 Å². The summed E-state index contributed by atoms with van der Waals surface area (Å²) in [5.74, 6) is 0.826. The molecule has 1 atom stereocenters. The van der Waals surface area contributed by atoms with Gasteiger partial charge in [0.05, 0.1) is 29.5 Å². The van der Waals surface area contributed by atoms with Crippen LogP contribution in [0.25, 0.3) is 5.65 Å². The zero-order valence-electron chi connectivity index (χ0n) is 18.0. The largest absolute Gasteiger partial charge is 0.338 e. The lowest BCUT2D eigenvalue weighted by Crippen LogP contribution is -2.39. The normalized spacial score (nSPS) is 23.6. The molecule has 3 aliphatic rings. The second-order valence-corrected chi connectivity index (χ2v) is 9.45. The summed E-state index contributed by atoms with van der Waals surface area (Å²) in [6, 6.07) is 2.43. The molecule has 2 fully saturated rings. The Morgan fingerprint density at radius 3 is 2.73 bits per heavy atom. The molecule has 1 unspecified atom stereocenters. The lowest BCUT2D eigenvalue weighted by molar-refractivity contribution is -0.129. The second kappa shape index (κ2) is 8.17. The standard InChI is InChI=1S/C23H33N5O2/c1-16(29)26-12-10-19-18(15-26)23(30)28-22(24-19)13-20(25-28)21-9-5-6-11-27(21)14-17-7-3-2-4-8-17/h13,17,21,25H,2-12,14-15H2,1H3. The minimum Gasteiger partial charge on any atom is -0.338 e. The highest BCUT2D eigenvalue weighted by Gasteiger charge is 2.29. The predicted molar refractivity (Wildman–Crippen MR) is 115 cm³/mol. The van der Waals surface area contributed by atoms with Crippen LogP contribution in [0.1, 0.15) is 81.3 Å². The van der Waals surface area contributed by atoms with Crippen LogP contribution in [-0.2, 0) is 17.8 Å². The van der Waals surface area contributed by atoms with Crippen molar-refractivity contribution in [1.82, 2.24) is 24.4 Å². The van der Waals surface area contributed by atoms with E-state index >= 15 is 0 Å². The van der Waals surface area contributed by atoms with Crippen molar-refractivity contribution >= 4 is 11.6 Å². The molecule has 2 aromatic heterocycles. The average molecular weight is 412 g/mol. The highest BCUT2D eigenvalue weighted by Crippen LogP contribution is 2.34. The fraction of sp³-hybridized carbons (Fsp3) is 0.696. The fourth-order valence-electron chi connectivity index (χ4n) is 5.70. The zero-order chi connectivity index (χ0) is 20.7. The summed E-state index contributed by atoms with van der Waals surface area (Å²) in [4.78, 5) is 34.1. The molecule has 2 aliphatic heterocycles. The van der Waals surface area contributed by atoms with Crippen LogP contribution in [0.15, 0.2) is 10.9 Å². The maximum Gasteiger partial charge on any atom is 0.277 e. The van der Waals surface area contributed by atoms with Crippen molar-refractivity contribution in [3.05, 3.63) is 33.4 Å². The lowest BCUT2D eigenvalue weighted by atomic mass is 9.87. The topological polar surface area (TPSA) is 73.7 Å². The van der Waals surface area contributed by atoms with E-state index < -0.39 is 0 Å². The van der Waals surface area contributed by atoms with Crippen LogP contribution in [0.3, 0.4) is 0 Å². The van der Waals surface area contributed by atoms with Crippen molar-refractivity contribution in [1.29, 1.82) is 0 Å². The molecular formula is C23H33N5O2. The van der Waals surface area contributed by atoms with Gasteiger partial charge in [-0.1, -0.05) is 25.7 Å². The summed E-state index contributed by atoms with van der Waals surface area (Å²) in [6.07, 6.45) is 11.1. The summed E-state index contributed by atoms with van der Waals surface area (Å²) in [6.45, 7) is 4.88. The Hall–Kier alpha value is -2.15. The van der Waals surface area contributed by atoms with Gasteiger partial charge in [0.2, 0.25) is 5.91 Å². The van der Waals surface area contributed by atoms with Crippen molar-refractivity contribution in [3.63, 3.8) is 0 Å². The van der Waals surface area contributed by atoms with Crippen LogP contribution in [0, 0.1) is 5.92 Å². The monoisotopic (exact) mass is 411 g/mol. The number of piperidine rings is 1. The van der Waals surface area contributed by atoms with Gasteiger partial charge in [0.25, 0.3) is 5.56 Å². The van der Waals surface area contributed by atoms with Crippen molar-refractivity contribution in [2.75, 3.05) is 19.6 Å². The lowest BCUT2D eigenvalue weighted by Gasteiger charge is -2.38. The number of rotatable bonds is 3. The van der Waals surface area contributed by atoms with Gasteiger partial charge in [0.1, 0.15) is 0 Å². The van der Waals surface area contributed by atoms with E-state index in [9.17, 15) is 9.59 Å². The van der Waals surface area contributed by atoms with Crippen molar-refractivity contribution in [2.24, 2.45) is 5.92 Å². The number of H-pyrrole nitrogens is 1. The van der Waals surface area contributed by atoms with Crippen LogP contribution in [0.4, 0.5) is 0 Å². The van der Waals surface area contributed by atoms with Crippen molar-refractivity contribution < 1.29 is 4.79 Å². The molecular weight excluding hydrogens is 378 g/mol. The Kier molecular flexibility index (Phi) is 5.39. The number of aromatic nitrogens is 3. The number of likely N-dealkylation sites (tertiary alicyclic amines) is 1. The van der Waals surface area contributed by atoms with Crippen molar-refractivity contribution in [3.8, 4) is 0 Å². The molecule has 1 saturated heterocycles. The molecule has 1 aliphatic carbocycles. The molecule has 0 spiro atoms. The number of carbonyl (C=O) groups is 1. The SMILES string of the molecule is CC(=O)N1CCc2nc3cc(C4CCCCN4CC4CCCCC4)[nH]n3c(=O)c2C1. The molecule has 30 heavy (non-hydrogen) atoms. The number of aromatic amines is 1. The Balaban J connectivity index is 1.44. The van der Waals surface area contributed by atoms with Gasteiger partial charge in [0.15, 0.2) is 5.65 Å². The average Bonchev–Trinajstić information content (AvgIpc) is 3.19. The summed E-state index contributed by atoms with van der Waals surface area (Å²) < 4.78 is 1.60. The van der Waals surface area contributed by atoms with Crippen LogP contribution in [0.2, 0.25) is 0 Å². The molecule has 1 saturated carbocycles.